The molecule has 0 bridgehead atoms. The summed E-state index contributed by atoms with van der Waals surface area (Å²) in [6, 6.07) is 0. The van der Waals surface area contributed by atoms with Crippen LogP contribution in [0.5, 0.6) is 0 Å². The summed E-state index contributed by atoms with van der Waals surface area (Å²) >= 11 is 0. The normalized spacial score (nSPS) is 21.2. The van der Waals surface area contributed by atoms with Gasteiger partial charge in [-0.25, -0.2) is 8.42 Å². The third kappa shape index (κ3) is 1.64. The van der Waals surface area contributed by atoms with E-state index in [1.54, 1.807) is 12.2 Å². The number of fused-ring (bicyclic) bond motifs is 1. The van der Waals surface area contributed by atoms with Gasteiger partial charge in [-0.3, -0.25) is 0 Å². The molecule has 0 spiro atoms. The van der Waals surface area contributed by atoms with Crippen molar-refractivity contribution in [1.29, 1.82) is 0 Å². The Morgan fingerprint density at radius 2 is 2.15 bits per heavy atom. The maximum Gasteiger partial charge on any atom is 0.257 e. The van der Waals surface area contributed by atoms with E-state index in [0.717, 1.165) is 11.3 Å². The largest absolute Gasteiger partial charge is 0.489 e. The summed E-state index contributed by atoms with van der Waals surface area (Å²) in [6.07, 6.45) is 5.43. The third-order valence-corrected chi connectivity index (χ3v) is 3.45. The molecular weight excluding hydrogens is 212 g/mol. The zero-order valence-electron chi connectivity index (χ0n) is 6.66. The molecule has 0 radical (unpaired) electrons. The van der Waals surface area contributed by atoms with Crippen molar-refractivity contribution < 1.29 is 13.2 Å². The lowest BCUT2D eigenvalue weighted by Crippen LogP contribution is -2.00. The van der Waals surface area contributed by atoms with E-state index in [1.165, 1.54) is 0 Å². The van der Waals surface area contributed by atoms with Crippen LogP contribution < -0.4 is 0 Å². The van der Waals surface area contributed by atoms with Gasteiger partial charge in [0.25, 0.3) is 9.05 Å². The van der Waals surface area contributed by atoms with Crippen molar-refractivity contribution in [2.45, 2.75) is 6.42 Å². The zero-order chi connectivity index (χ0) is 9.47. The molecule has 0 saturated carbocycles. The van der Waals surface area contributed by atoms with Crippen molar-refractivity contribution in [3.05, 3.63) is 34.5 Å². The maximum absolute atomic E-state index is 11.0. The zero-order valence-corrected chi connectivity index (χ0v) is 8.23. The highest BCUT2D eigenvalue weighted by Gasteiger charge is 2.21. The molecule has 2 aliphatic rings. The smallest absolute Gasteiger partial charge is 0.257 e. The van der Waals surface area contributed by atoms with Crippen LogP contribution in [-0.2, 0) is 13.8 Å². The summed E-state index contributed by atoms with van der Waals surface area (Å²) in [5.74, 6) is 0.754. The Kier molecular flexibility index (Phi) is 1.96. The van der Waals surface area contributed by atoms with Crippen LogP contribution in [0.4, 0.5) is 0 Å². The molecule has 0 aromatic heterocycles. The molecule has 0 unspecified atom stereocenters. The fraction of sp³-hybridized carbons (Fsp3) is 0.250. The minimum absolute atomic E-state index is 0.231. The average molecular weight is 219 g/mol. The Morgan fingerprint density at radius 1 is 1.38 bits per heavy atom. The maximum atomic E-state index is 11.0. The van der Waals surface area contributed by atoms with Crippen molar-refractivity contribution in [2.75, 3.05) is 6.61 Å². The highest BCUT2D eigenvalue weighted by Crippen LogP contribution is 2.30. The van der Waals surface area contributed by atoms with E-state index >= 15 is 0 Å². The molecule has 13 heavy (non-hydrogen) atoms. The molecule has 0 fully saturated rings. The van der Waals surface area contributed by atoms with Crippen LogP contribution in [0.15, 0.2) is 34.5 Å². The van der Waals surface area contributed by atoms with E-state index < -0.39 is 9.05 Å². The molecule has 1 heterocycles. The predicted molar refractivity (Wildman–Crippen MR) is 49.6 cm³/mol. The van der Waals surface area contributed by atoms with Crippen molar-refractivity contribution in [3.8, 4) is 0 Å². The van der Waals surface area contributed by atoms with Gasteiger partial charge >= 0.3 is 0 Å². The van der Waals surface area contributed by atoms with Gasteiger partial charge in [-0.1, -0.05) is 0 Å². The summed E-state index contributed by atoms with van der Waals surface area (Å²) in [5, 5.41) is 0. The molecule has 0 atom stereocenters. The highest BCUT2D eigenvalue weighted by atomic mass is 35.7. The fourth-order valence-electron chi connectivity index (χ4n) is 1.31. The molecule has 0 aromatic carbocycles. The van der Waals surface area contributed by atoms with Gasteiger partial charge < -0.3 is 4.74 Å². The second kappa shape index (κ2) is 2.89. The predicted octanol–water partition coefficient (Wildman–Crippen LogP) is 1.68. The first-order valence-corrected chi connectivity index (χ1v) is 6.07. The SMILES string of the molecule is O=S(=O)(Cl)C1=CC2=CCOC2=CC1. The van der Waals surface area contributed by atoms with E-state index in [1.807, 2.05) is 6.08 Å². The summed E-state index contributed by atoms with van der Waals surface area (Å²) in [7, 11) is 1.64. The van der Waals surface area contributed by atoms with Crippen LogP contribution in [-0.4, -0.2) is 15.0 Å². The first kappa shape index (κ1) is 8.84. The molecule has 1 aliphatic heterocycles. The van der Waals surface area contributed by atoms with Crippen LogP contribution >= 0.6 is 10.7 Å². The minimum atomic E-state index is -3.57. The summed E-state index contributed by atoms with van der Waals surface area (Å²) < 4.78 is 27.2. The van der Waals surface area contributed by atoms with E-state index in [-0.39, 0.29) is 4.91 Å². The molecule has 70 valence electrons. The standard InChI is InChI=1S/C8H7ClO3S/c9-13(10,11)7-1-2-8-6(5-7)3-4-12-8/h2-3,5H,1,4H2. The lowest BCUT2D eigenvalue weighted by Gasteiger charge is -2.09. The number of halogens is 1. The Balaban J connectivity index is 2.39. The van der Waals surface area contributed by atoms with Crippen molar-refractivity contribution in [1.82, 2.24) is 0 Å². The fourth-order valence-corrected chi connectivity index (χ4v) is 2.18. The molecule has 1 aliphatic carbocycles. The van der Waals surface area contributed by atoms with Gasteiger partial charge in [0.2, 0.25) is 0 Å². The Labute approximate surface area is 80.8 Å². The average Bonchev–Trinajstić information content (AvgIpc) is 2.47. The number of hydrogen-bond acceptors (Lipinski definition) is 3. The van der Waals surface area contributed by atoms with E-state index in [4.69, 9.17) is 15.4 Å². The molecule has 0 saturated heterocycles. The van der Waals surface area contributed by atoms with Gasteiger partial charge in [-0.05, 0) is 18.2 Å². The summed E-state index contributed by atoms with van der Waals surface area (Å²) in [6.45, 7) is 0.507. The molecule has 5 heteroatoms. The second-order valence-corrected chi connectivity index (χ2v) is 5.41. The molecule has 3 nitrogen and oxygen atoms in total. The van der Waals surface area contributed by atoms with Crippen molar-refractivity contribution >= 4 is 19.7 Å². The topological polar surface area (TPSA) is 43.4 Å². The Bertz CT molecular complexity index is 428. The van der Waals surface area contributed by atoms with Crippen LogP contribution in [0.2, 0.25) is 0 Å². The van der Waals surface area contributed by atoms with Crippen LogP contribution in [0, 0.1) is 0 Å². The number of hydrogen-bond donors (Lipinski definition) is 0. The van der Waals surface area contributed by atoms with E-state index in [2.05, 4.69) is 0 Å². The highest BCUT2D eigenvalue weighted by molar-refractivity contribution is 8.16. The molecule has 0 amide bonds. The lowest BCUT2D eigenvalue weighted by atomic mass is 10.1. The van der Waals surface area contributed by atoms with Crippen LogP contribution in [0.1, 0.15) is 6.42 Å². The number of rotatable bonds is 1. The van der Waals surface area contributed by atoms with Crippen molar-refractivity contribution in [3.63, 3.8) is 0 Å². The van der Waals surface area contributed by atoms with E-state index in [9.17, 15) is 8.42 Å². The number of allylic oxidation sites excluding steroid dienone is 3. The summed E-state index contributed by atoms with van der Waals surface area (Å²) in [5.41, 5.74) is 0.811. The second-order valence-electron chi connectivity index (χ2n) is 2.79. The van der Waals surface area contributed by atoms with Gasteiger partial charge in [0.05, 0.1) is 4.91 Å². The van der Waals surface area contributed by atoms with Gasteiger partial charge in [0, 0.05) is 22.7 Å². The van der Waals surface area contributed by atoms with Gasteiger partial charge in [0.15, 0.2) is 0 Å². The van der Waals surface area contributed by atoms with Crippen LogP contribution in [0.3, 0.4) is 0 Å². The first-order chi connectivity index (χ1) is 6.07. The minimum Gasteiger partial charge on any atom is -0.489 e. The van der Waals surface area contributed by atoms with Gasteiger partial charge in [0.1, 0.15) is 12.4 Å². The molecule has 2 rings (SSSR count). The third-order valence-electron chi connectivity index (χ3n) is 1.94. The summed E-state index contributed by atoms with van der Waals surface area (Å²) in [4.78, 5) is 0.231. The van der Waals surface area contributed by atoms with Gasteiger partial charge in [-0.15, -0.1) is 0 Å². The molecule has 0 aromatic rings. The quantitative estimate of drug-likeness (QED) is 0.629. The number of ether oxygens (including phenoxy) is 1. The Hall–Kier alpha value is -0.740. The van der Waals surface area contributed by atoms with E-state index in [0.29, 0.717) is 13.0 Å². The lowest BCUT2D eigenvalue weighted by molar-refractivity contribution is 0.275. The molecule has 0 N–H and O–H groups in total. The molecular formula is C8H7ClO3S. The Morgan fingerprint density at radius 3 is 2.85 bits per heavy atom. The van der Waals surface area contributed by atoms with Gasteiger partial charge in [-0.2, -0.15) is 0 Å². The monoisotopic (exact) mass is 218 g/mol. The first-order valence-electron chi connectivity index (χ1n) is 3.76. The van der Waals surface area contributed by atoms with Crippen LogP contribution in [0.25, 0.3) is 0 Å². The van der Waals surface area contributed by atoms with Crippen molar-refractivity contribution in [2.24, 2.45) is 0 Å².